The van der Waals surface area contributed by atoms with Gasteiger partial charge < -0.3 is 10.4 Å². The summed E-state index contributed by atoms with van der Waals surface area (Å²) in [4.78, 5) is 13.8. The predicted octanol–water partition coefficient (Wildman–Crippen LogP) is 1.70. The van der Waals surface area contributed by atoms with E-state index in [1.54, 1.807) is 0 Å². The predicted molar refractivity (Wildman–Crippen MR) is 74.1 cm³/mol. The SMILES string of the molecule is O=C(O)C1CC(NCC2CC2)CN(C2CCCC2)C1. The molecule has 0 aromatic carbocycles. The fourth-order valence-electron chi connectivity index (χ4n) is 3.68. The highest BCUT2D eigenvalue weighted by molar-refractivity contribution is 5.70. The van der Waals surface area contributed by atoms with E-state index >= 15 is 0 Å². The van der Waals surface area contributed by atoms with Gasteiger partial charge in [-0.25, -0.2) is 0 Å². The summed E-state index contributed by atoms with van der Waals surface area (Å²) in [6, 6.07) is 1.03. The topological polar surface area (TPSA) is 52.6 Å². The summed E-state index contributed by atoms with van der Waals surface area (Å²) in [6.45, 7) is 2.91. The molecule has 0 bridgehead atoms. The molecule has 0 spiro atoms. The van der Waals surface area contributed by atoms with Crippen LogP contribution in [0.4, 0.5) is 0 Å². The van der Waals surface area contributed by atoms with E-state index in [0.717, 1.165) is 32.0 Å². The van der Waals surface area contributed by atoms with E-state index in [-0.39, 0.29) is 5.92 Å². The summed E-state index contributed by atoms with van der Waals surface area (Å²) in [5.74, 6) is 0.0807. The van der Waals surface area contributed by atoms with Gasteiger partial charge in [0.15, 0.2) is 0 Å². The third-order valence-corrected chi connectivity index (χ3v) is 5.06. The summed E-state index contributed by atoms with van der Waals surface area (Å²) in [7, 11) is 0. The molecule has 0 radical (unpaired) electrons. The van der Waals surface area contributed by atoms with Gasteiger partial charge in [-0.05, 0) is 44.6 Å². The molecule has 2 atom stereocenters. The van der Waals surface area contributed by atoms with Gasteiger partial charge in [-0.15, -0.1) is 0 Å². The van der Waals surface area contributed by atoms with Gasteiger partial charge in [0.05, 0.1) is 5.92 Å². The van der Waals surface area contributed by atoms with Gasteiger partial charge in [-0.1, -0.05) is 12.8 Å². The number of nitrogens with one attached hydrogen (secondary N) is 1. The molecule has 4 nitrogen and oxygen atoms in total. The molecule has 3 rings (SSSR count). The number of rotatable bonds is 5. The van der Waals surface area contributed by atoms with Gasteiger partial charge >= 0.3 is 5.97 Å². The highest BCUT2D eigenvalue weighted by atomic mass is 16.4. The lowest BCUT2D eigenvalue weighted by molar-refractivity contribution is -0.144. The van der Waals surface area contributed by atoms with E-state index in [9.17, 15) is 9.90 Å². The molecule has 1 aliphatic heterocycles. The van der Waals surface area contributed by atoms with Crippen molar-refractivity contribution in [3.05, 3.63) is 0 Å². The molecule has 1 heterocycles. The standard InChI is InChI=1S/C15H26N2O2/c18-15(19)12-7-13(16-8-11-5-6-11)10-17(9-12)14-3-1-2-4-14/h11-14,16H,1-10H2,(H,18,19). The molecule has 0 aromatic heterocycles. The lowest BCUT2D eigenvalue weighted by Crippen LogP contribution is -2.53. The Bertz CT molecular complexity index is 324. The van der Waals surface area contributed by atoms with Gasteiger partial charge in [-0.2, -0.15) is 0 Å². The molecule has 0 amide bonds. The monoisotopic (exact) mass is 266 g/mol. The Morgan fingerprint density at radius 2 is 1.89 bits per heavy atom. The molecule has 2 saturated carbocycles. The van der Waals surface area contributed by atoms with Crippen molar-refractivity contribution in [2.45, 2.75) is 57.0 Å². The average molecular weight is 266 g/mol. The first-order chi connectivity index (χ1) is 9.22. The number of likely N-dealkylation sites (tertiary alicyclic amines) is 1. The Morgan fingerprint density at radius 1 is 1.16 bits per heavy atom. The molecule has 3 aliphatic rings. The van der Waals surface area contributed by atoms with Crippen molar-refractivity contribution in [1.82, 2.24) is 10.2 Å². The summed E-state index contributed by atoms with van der Waals surface area (Å²) < 4.78 is 0. The first kappa shape index (κ1) is 13.4. The highest BCUT2D eigenvalue weighted by Crippen LogP contribution is 2.30. The first-order valence-electron chi connectivity index (χ1n) is 7.92. The Balaban J connectivity index is 1.57. The third-order valence-electron chi connectivity index (χ3n) is 5.06. The number of carbonyl (C=O) groups is 1. The van der Waals surface area contributed by atoms with Crippen molar-refractivity contribution >= 4 is 5.97 Å². The van der Waals surface area contributed by atoms with Crippen molar-refractivity contribution in [3.63, 3.8) is 0 Å². The molecule has 4 heteroatoms. The van der Waals surface area contributed by atoms with Crippen LogP contribution in [-0.4, -0.2) is 47.7 Å². The van der Waals surface area contributed by atoms with Crippen LogP contribution in [0, 0.1) is 11.8 Å². The molecule has 108 valence electrons. The zero-order valence-electron chi connectivity index (χ0n) is 11.7. The number of piperidine rings is 1. The number of hydrogen-bond acceptors (Lipinski definition) is 3. The van der Waals surface area contributed by atoms with E-state index in [1.165, 1.54) is 38.5 Å². The number of aliphatic carboxylic acids is 1. The van der Waals surface area contributed by atoms with Crippen LogP contribution in [0.5, 0.6) is 0 Å². The van der Waals surface area contributed by atoms with Crippen molar-refractivity contribution in [3.8, 4) is 0 Å². The fourth-order valence-corrected chi connectivity index (χ4v) is 3.68. The van der Waals surface area contributed by atoms with Crippen molar-refractivity contribution in [1.29, 1.82) is 0 Å². The van der Waals surface area contributed by atoms with Gasteiger partial charge in [0.1, 0.15) is 0 Å². The van der Waals surface area contributed by atoms with E-state index in [1.807, 2.05) is 0 Å². The molecule has 2 aliphatic carbocycles. The van der Waals surface area contributed by atoms with Gasteiger partial charge in [0, 0.05) is 25.2 Å². The zero-order chi connectivity index (χ0) is 13.2. The third kappa shape index (κ3) is 3.48. The Morgan fingerprint density at radius 3 is 2.53 bits per heavy atom. The summed E-state index contributed by atoms with van der Waals surface area (Å²) in [5, 5.41) is 13.0. The van der Waals surface area contributed by atoms with Crippen LogP contribution in [0.25, 0.3) is 0 Å². The van der Waals surface area contributed by atoms with Crippen LogP contribution in [0.3, 0.4) is 0 Å². The lowest BCUT2D eigenvalue weighted by Gasteiger charge is -2.40. The molecular weight excluding hydrogens is 240 g/mol. The second-order valence-electron chi connectivity index (χ2n) is 6.71. The minimum absolute atomic E-state index is 0.175. The van der Waals surface area contributed by atoms with E-state index in [0.29, 0.717) is 12.1 Å². The van der Waals surface area contributed by atoms with E-state index < -0.39 is 5.97 Å². The van der Waals surface area contributed by atoms with Crippen LogP contribution in [0.15, 0.2) is 0 Å². The van der Waals surface area contributed by atoms with Crippen molar-refractivity contribution in [2.75, 3.05) is 19.6 Å². The number of nitrogens with zero attached hydrogens (tertiary/aromatic N) is 1. The second kappa shape index (κ2) is 5.80. The zero-order valence-corrected chi connectivity index (χ0v) is 11.7. The fraction of sp³-hybridized carbons (Fsp3) is 0.933. The Hall–Kier alpha value is -0.610. The molecular formula is C15H26N2O2. The maximum atomic E-state index is 11.4. The van der Waals surface area contributed by atoms with Crippen LogP contribution >= 0.6 is 0 Å². The normalized spacial score (nSPS) is 33.7. The van der Waals surface area contributed by atoms with E-state index in [4.69, 9.17) is 0 Å². The smallest absolute Gasteiger partial charge is 0.307 e. The minimum atomic E-state index is -0.610. The summed E-state index contributed by atoms with van der Waals surface area (Å²) >= 11 is 0. The molecule has 3 fully saturated rings. The Labute approximate surface area is 115 Å². The molecule has 2 N–H and O–H groups in total. The van der Waals surface area contributed by atoms with Crippen molar-refractivity contribution < 1.29 is 9.90 Å². The van der Waals surface area contributed by atoms with Crippen molar-refractivity contribution in [2.24, 2.45) is 11.8 Å². The number of carboxylic acids is 1. The van der Waals surface area contributed by atoms with Gasteiger partial charge in [0.25, 0.3) is 0 Å². The quantitative estimate of drug-likeness (QED) is 0.795. The summed E-state index contributed by atoms with van der Waals surface area (Å²) in [5.41, 5.74) is 0. The molecule has 2 unspecified atom stereocenters. The van der Waals surface area contributed by atoms with Crippen LogP contribution in [0.1, 0.15) is 44.9 Å². The Kier molecular flexibility index (Phi) is 4.08. The first-order valence-corrected chi connectivity index (χ1v) is 7.92. The lowest BCUT2D eigenvalue weighted by atomic mass is 9.92. The maximum absolute atomic E-state index is 11.4. The highest BCUT2D eigenvalue weighted by Gasteiger charge is 2.35. The summed E-state index contributed by atoms with van der Waals surface area (Å²) in [6.07, 6.45) is 8.69. The van der Waals surface area contributed by atoms with Gasteiger partial charge in [-0.3, -0.25) is 9.69 Å². The molecule has 0 aromatic rings. The number of carboxylic acid groups (broad SMARTS) is 1. The number of hydrogen-bond donors (Lipinski definition) is 2. The van der Waals surface area contributed by atoms with Crippen LogP contribution < -0.4 is 5.32 Å². The van der Waals surface area contributed by atoms with Crippen LogP contribution in [-0.2, 0) is 4.79 Å². The van der Waals surface area contributed by atoms with E-state index in [2.05, 4.69) is 10.2 Å². The largest absolute Gasteiger partial charge is 0.481 e. The van der Waals surface area contributed by atoms with Crippen LogP contribution in [0.2, 0.25) is 0 Å². The van der Waals surface area contributed by atoms with Gasteiger partial charge in [0.2, 0.25) is 0 Å². The molecule has 19 heavy (non-hydrogen) atoms. The minimum Gasteiger partial charge on any atom is -0.481 e. The second-order valence-corrected chi connectivity index (χ2v) is 6.71. The average Bonchev–Trinajstić information content (AvgIpc) is 3.07. The molecule has 1 saturated heterocycles. The maximum Gasteiger partial charge on any atom is 0.307 e.